The molecule has 0 fully saturated rings. The van der Waals surface area contributed by atoms with Crippen LogP contribution >= 0.6 is 11.3 Å². The molecular formula is C60H40N2S. The summed E-state index contributed by atoms with van der Waals surface area (Å²) >= 11 is 1.86. The highest BCUT2D eigenvalue weighted by atomic mass is 32.1. The second-order valence-corrected chi connectivity index (χ2v) is 17.2. The molecule has 0 radical (unpaired) electrons. The van der Waals surface area contributed by atoms with E-state index in [0.717, 1.165) is 22.7 Å². The number of para-hydroxylation sites is 2. The average Bonchev–Trinajstić information content (AvgIpc) is 3.91. The van der Waals surface area contributed by atoms with Crippen molar-refractivity contribution >= 4 is 70.4 Å². The monoisotopic (exact) mass is 820 g/mol. The maximum atomic E-state index is 2.38. The standard InChI is InChI=1S/C60H40N2S/c1-3-13-41(14-4-1)46-37-47(42-15-5-2-6-16-42)39-48(38-46)44-25-30-50(31-26-44)61(49-28-23-43(24-29-49)45-27-36-56-55-19-9-12-22-59(55)63-60(56)40-45)51-32-34-52(35-33-51)62-57-20-10-7-17-53(57)54-18-8-11-21-58(54)62/h1-40H. The fourth-order valence-corrected chi connectivity index (χ4v) is 10.4. The maximum Gasteiger partial charge on any atom is 0.0541 e. The lowest BCUT2D eigenvalue weighted by atomic mass is 9.93. The van der Waals surface area contributed by atoms with Gasteiger partial charge in [-0.1, -0.05) is 152 Å². The van der Waals surface area contributed by atoms with E-state index in [-0.39, 0.29) is 0 Å². The van der Waals surface area contributed by atoms with Gasteiger partial charge in [0, 0.05) is 53.7 Å². The van der Waals surface area contributed by atoms with Gasteiger partial charge in [-0.25, -0.2) is 0 Å². The maximum absolute atomic E-state index is 2.38. The Morgan fingerprint density at radius 1 is 0.270 bits per heavy atom. The van der Waals surface area contributed by atoms with Crippen molar-refractivity contribution in [2.24, 2.45) is 0 Å². The summed E-state index contributed by atoms with van der Waals surface area (Å²) in [6.45, 7) is 0. The number of anilines is 3. The van der Waals surface area contributed by atoms with Gasteiger partial charge in [0.05, 0.1) is 11.0 Å². The summed E-state index contributed by atoms with van der Waals surface area (Å²) < 4.78 is 5.02. The molecule has 2 nitrogen and oxygen atoms in total. The lowest BCUT2D eigenvalue weighted by molar-refractivity contribution is 1.17. The first kappa shape index (κ1) is 36.8. The zero-order valence-electron chi connectivity index (χ0n) is 34.4. The largest absolute Gasteiger partial charge is 0.311 e. The summed E-state index contributed by atoms with van der Waals surface area (Å²) in [6.07, 6.45) is 0. The molecule has 12 rings (SSSR count). The Bertz CT molecular complexity index is 3470. The van der Waals surface area contributed by atoms with Crippen molar-refractivity contribution in [1.29, 1.82) is 0 Å². The highest BCUT2D eigenvalue weighted by Crippen LogP contribution is 2.41. The second-order valence-electron chi connectivity index (χ2n) is 16.2. The fourth-order valence-electron chi connectivity index (χ4n) is 9.30. The Labute approximate surface area is 370 Å². The molecule has 0 aliphatic carbocycles. The van der Waals surface area contributed by atoms with E-state index in [4.69, 9.17) is 0 Å². The number of hydrogen-bond donors (Lipinski definition) is 0. The molecule has 0 saturated carbocycles. The predicted molar refractivity (Wildman–Crippen MR) is 270 cm³/mol. The Hall–Kier alpha value is -7.98. The zero-order valence-corrected chi connectivity index (χ0v) is 35.2. The molecule has 0 atom stereocenters. The van der Waals surface area contributed by atoms with E-state index >= 15 is 0 Å². The molecule has 0 aliphatic heterocycles. The number of hydrogen-bond acceptors (Lipinski definition) is 2. The van der Waals surface area contributed by atoms with Gasteiger partial charge in [0.15, 0.2) is 0 Å². The molecule has 2 heterocycles. The van der Waals surface area contributed by atoms with Crippen LogP contribution in [0, 0.1) is 0 Å². The van der Waals surface area contributed by atoms with Gasteiger partial charge in [0.2, 0.25) is 0 Å². The molecule has 0 spiro atoms. The van der Waals surface area contributed by atoms with Crippen molar-refractivity contribution in [3.63, 3.8) is 0 Å². The third kappa shape index (κ3) is 6.67. The molecule has 0 amide bonds. The van der Waals surface area contributed by atoms with Crippen LogP contribution in [-0.2, 0) is 0 Å². The van der Waals surface area contributed by atoms with Gasteiger partial charge in [0.25, 0.3) is 0 Å². The summed E-state index contributed by atoms with van der Waals surface area (Å²) in [6, 6.07) is 88.4. The summed E-state index contributed by atoms with van der Waals surface area (Å²) in [5.41, 5.74) is 16.4. The van der Waals surface area contributed by atoms with Crippen LogP contribution in [0.5, 0.6) is 0 Å². The third-order valence-electron chi connectivity index (χ3n) is 12.4. The van der Waals surface area contributed by atoms with Gasteiger partial charge >= 0.3 is 0 Å². The summed E-state index contributed by atoms with van der Waals surface area (Å²) in [5, 5.41) is 5.16. The van der Waals surface area contributed by atoms with Crippen LogP contribution in [-0.4, -0.2) is 4.57 Å². The van der Waals surface area contributed by atoms with Crippen molar-refractivity contribution in [3.8, 4) is 50.2 Å². The Kier molecular flexibility index (Phi) is 9.06. The van der Waals surface area contributed by atoms with Gasteiger partial charge in [0.1, 0.15) is 0 Å². The second kappa shape index (κ2) is 15.5. The van der Waals surface area contributed by atoms with E-state index < -0.39 is 0 Å². The normalized spacial score (nSPS) is 11.5. The van der Waals surface area contributed by atoms with E-state index in [1.54, 1.807) is 0 Å². The quantitative estimate of drug-likeness (QED) is 0.148. The van der Waals surface area contributed by atoms with Crippen molar-refractivity contribution in [2.45, 2.75) is 0 Å². The van der Waals surface area contributed by atoms with E-state index in [9.17, 15) is 0 Å². The molecule has 0 aliphatic rings. The number of nitrogens with zero attached hydrogens (tertiary/aromatic N) is 2. The molecule has 0 N–H and O–H groups in total. The third-order valence-corrected chi connectivity index (χ3v) is 13.5. The molecule has 0 bridgehead atoms. The number of rotatable bonds is 8. The van der Waals surface area contributed by atoms with Crippen LogP contribution in [0.25, 0.3) is 92.2 Å². The van der Waals surface area contributed by atoms with Gasteiger partial charge in [-0.15, -0.1) is 11.3 Å². The number of fused-ring (bicyclic) bond motifs is 6. The Morgan fingerprint density at radius 2 is 0.667 bits per heavy atom. The molecule has 0 saturated heterocycles. The molecule has 2 aromatic heterocycles. The van der Waals surface area contributed by atoms with E-state index in [0.29, 0.717) is 0 Å². The van der Waals surface area contributed by atoms with Crippen LogP contribution in [0.4, 0.5) is 17.1 Å². The molecule has 296 valence electrons. The minimum Gasteiger partial charge on any atom is -0.311 e. The zero-order chi connectivity index (χ0) is 41.7. The Balaban J connectivity index is 0.947. The highest BCUT2D eigenvalue weighted by molar-refractivity contribution is 7.25. The first-order valence-corrected chi connectivity index (χ1v) is 22.3. The van der Waals surface area contributed by atoms with Crippen LogP contribution in [0.1, 0.15) is 0 Å². The molecular weight excluding hydrogens is 781 g/mol. The summed E-state index contributed by atoms with van der Waals surface area (Å²) in [5.74, 6) is 0. The number of benzene rings is 10. The lowest BCUT2D eigenvalue weighted by Crippen LogP contribution is -2.10. The molecule has 3 heteroatoms. The van der Waals surface area contributed by atoms with Crippen molar-refractivity contribution in [3.05, 3.63) is 243 Å². The van der Waals surface area contributed by atoms with Crippen LogP contribution < -0.4 is 4.90 Å². The highest BCUT2D eigenvalue weighted by Gasteiger charge is 2.17. The van der Waals surface area contributed by atoms with E-state index in [1.807, 2.05) is 11.3 Å². The predicted octanol–water partition coefficient (Wildman–Crippen LogP) is 17.3. The first-order valence-electron chi connectivity index (χ1n) is 21.5. The smallest absolute Gasteiger partial charge is 0.0541 e. The van der Waals surface area contributed by atoms with Crippen molar-refractivity contribution in [2.75, 3.05) is 4.90 Å². The summed E-state index contributed by atoms with van der Waals surface area (Å²) in [7, 11) is 0. The topological polar surface area (TPSA) is 8.17 Å². The minimum atomic E-state index is 1.09. The van der Waals surface area contributed by atoms with Gasteiger partial charge in [-0.05, 0) is 136 Å². The number of aromatic nitrogens is 1. The van der Waals surface area contributed by atoms with Crippen LogP contribution in [0.15, 0.2) is 243 Å². The minimum absolute atomic E-state index is 1.09. The van der Waals surface area contributed by atoms with Gasteiger partial charge in [-0.2, -0.15) is 0 Å². The molecule has 63 heavy (non-hydrogen) atoms. The SMILES string of the molecule is c1ccc(-c2cc(-c3ccccc3)cc(-c3ccc(N(c4ccc(-c5ccc6c(c5)sc5ccccc56)cc4)c4ccc(-n5c6ccccc6c6ccccc65)cc4)cc3)c2)cc1. The van der Waals surface area contributed by atoms with Gasteiger partial charge < -0.3 is 9.47 Å². The average molecular weight is 821 g/mol. The fraction of sp³-hybridized carbons (Fsp3) is 0. The van der Waals surface area contributed by atoms with E-state index in [2.05, 4.69) is 252 Å². The molecule has 12 aromatic rings. The van der Waals surface area contributed by atoms with Crippen molar-refractivity contribution in [1.82, 2.24) is 4.57 Å². The van der Waals surface area contributed by atoms with E-state index in [1.165, 1.54) is 86.5 Å². The van der Waals surface area contributed by atoms with Gasteiger partial charge in [-0.3, -0.25) is 0 Å². The van der Waals surface area contributed by atoms with Crippen LogP contribution in [0.3, 0.4) is 0 Å². The van der Waals surface area contributed by atoms with Crippen LogP contribution in [0.2, 0.25) is 0 Å². The number of thiophene rings is 1. The first-order chi connectivity index (χ1) is 31.2. The Morgan fingerprint density at radius 3 is 1.21 bits per heavy atom. The lowest BCUT2D eigenvalue weighted by Gasteiger charge is -2.26. The van der Waals surface area contributed by atoms with Crippen molar-refractivity contribution < 1.29 is 0 Å². The molecule has 0 unspecified atom stereocenters. The summed E-state index contributed by atoms with van der Waals surface area (Å²) in [4.78, 5) is 2.37. The molecule has 10 aromatic carbocycles.